The fourth-order valence-electron chi connectivity index (χ4n) is 0.772. The molecule has 0 aliphatic carbocycles. The van der Waals surface area contributed by atoms with Gasteiger partial charge in [-0.2, -0.15) is 0 Å². The molecule has 1 rings (SSSR count). The van der Waals surface area contributed by atoms with Crippen LogP contribution in [0.1, 0.15) is 0 Å². The zero-order chi connectivity index (χ0) is 10.4. The number of carbonyl (C=O) groups is 1. The van der Waals surface area contributed by atoms with Crippen molar-refractivity contribution in [2.24, 2.45) is 0 Å². The Kier molecular flexibility index (Phi) is 3.87. The first-order valence-electron chi connectivity index (χ1n) is 3.76. The van der Waals surface area contributed by atoms with E-state index in [-0.39, 0.29) is 16.3 Å². The molecular weight excluding hydrogens is 204 g/mol. The second kappa shape index (κ2) is 5.18. The number of hydrogen-bond donors (Lipinski definition) is 0. The van der Waals surface area contributed by atoms with E-state index in [0.717, 1.165) is 0 Å². The van der Waals surface area contributed by atoms with E-state index >= 15 is 0 Å². The fourth-order valence-corrected chi connectivity index (χ4v) is 1.05. The topological polar surface area (TPSA) is 52.6 Å². The van der Waals surface area contributed by atoms with Crippen molar-refractivity contribution in [3.63, 3.8) is 0 Å². The van der Waals surface area contributed by atoms with Crippen molar-refractivity contribution in [3.05, 3.63) is 30.3 Å². The maximum Gasteiger partial charge on any atom is 0.388 e. The molecule has 0 aromatic heterocycles. The van der Waals surface area contributed by atoms with Crippen LogP contribution in [-0.2, 0) is 20.8 Å². The lowest BCUT2D eigenvalue weighted by molar-refractivity contribution is -0.133. The van der Waals surface area contributed by atoms with E-state index < -0.39 is 5.97 Å². The van der Waals surface area contributed by atoms with E-state index in [4.69, 9.17) is 4.74 Å². The summed E-state index contributed by atoms with van der Waals surface area (Å²) >= 11 is -0.0327. The minimum absolute atomic E-state index is 0.0327. The van der Waals surface area contributed by atoms with Crippen LogP contribution < -0.4 is 4.74 Å². The number of hydrogen-bond acceptors (Lipinski definition) is 4. The highest BCUT2D eigenvalue weighted by atomic mass is 32.1. The maximum atomic E-state index is 10.9. The lowest BCUT2D eigenvalue weighted by Crippen LogP contribution is -2.21. The number of benzene rings is 1. The van der Waals surface area contributed by atoms with Crippen LogP contribution >= 0.6 is 0 Å². The van der Waals surface area contributed by atoms with Crippen molar-refractivity contribution in [1.82, 2.24) is 0 Å². The van der Waals surface area contributed by atoms with Crippen LogP contribution in [-0.4, -0.2) is 22.3 Å². The van der Waals surface area contributed by atoms with Crippen molar-refractivity contribution in [1.29, 1.82) is 0 Å². The number of ether oxygens (including phenoxy) is 2. The molecule has 1 aromatic carbocycles. The van der Waals surface area contributed by atoms with Gasteiger partial charge < -0.3 is 9.47 Å². The predicted octanol–water partition coefficient (Wildman–Crippen LogP) is 0.581. The minimum Gasteiger partial charge on any atom is -0.462 e. The lowest BCUT2D eigenvalue weighted by atomic mass is 10.3. The second-order valence-corrected chi connectivity index (χ2v) is 2.81. The summed E-state index contributed by atoms with van der Waals surface area (Å²) < 4.78 is 19.9. The zero-order valence-electron chi connectivity index (χ0n) is 7.43. The van der Waals surface area contributed by atoms with Gasteiger partial charge >= 0.3 is 11.0 Å². The Morgan fingerprint density at radius 1 is 1.29 bits per heavy atom. The molecule has 0 unspecified atom stereocenters. The minimum atomic E-state index is -0.770. The Hall–Kier alpha value is -1.62. The van der Waals surface area contributed by atoms with Gasteiger partial charge in [-0.3, -0.25) is 0 Å². The van der Waals surface area contributed by atoms with Gasteiger partial charge in [0.25, 0.3) is 0 Å². The van der Waals surface area contributed by atoms with E-state index in [2.05, 4.69) is 4.74 Å². The third kappa shape index (κ3) is 2.70. The largest absolute Gasteiger partial charge is 0.462 e. The zero-order valence-corrected chi connectivity index (χ0v) is 8.24. The van der Waals surface area contributed by atoms with Crippen LogP contribution in [0.3, 0.4) is 0 Å². The molecule has 0 radical (unpaired) electrons. The average Bonchev–Trinajstić information content (AvgIpc) is 2.26. The Morgan fingerprint density at radius 3 is 2.43 bits per heavy atom. The molecule has 0 aliphatic rings. The van der Waals surface area contributed by atoms with Gasteiger partial charge in [-0.05, 0) is 12.1 Å². The summed E-state index contributed by atoms with van der Waals surface area (Å²) in [6, 6.07) is 8.55. The predicted molar refractivity (Wildman–Crippen MR) is 52.2 cm³/mol. The molecular formula is C9H8O4S. The summed E-state index contributed by atoms with van der Waals surface area (Å²) in [4.78, 5) is 10.9. The molecule has 4 nitrogen and oxygen atoms in total. The third-order valence-electron chi connectivity index (χ3n) is 1.38. The Balaban J connectivity index is 2.78. The van der Waals surface area contributed by atoms with Crippen LogP contribution in [0, 0.1) is 0 Å². The highest BCUT2D eigenvalue weighted by Gasteiger charge is 2.13. The molecule has 14 heavy (non-hydrogen) atoms. The molecule has 1 aromatic rings. The van der Waals surface area contributed by atoms with E-state index in [1.807, 2.05) is 0 Å². The molecule has 0 bridgehead atoms. The summed E-state index contributed by atoms with van der Waals surface area (Å²) in [5.41, 5.74) is 0. The molecule has 0 saturated carbocycles. The van der Waals surface area contributed by atoms with Crippen LogP contribution in [0.25, 0.3) is 0 Å². The van der Waals surface area contributed by atoms with Gasteiger partial charge in [0.1, 0.15) is 17.0 Å². The summed E-state index contributed by atoms with van der Waals surface area (Å²) in [5.74, 6) is -0.342. The Bertz CT molecular complexity index is 368. The van der Waals surface area contributed by atoms with Gasteiger partial charge in [-0.25, -0.2) is 9.00 Å². The van der Waals surface area contributed by atoms with E-state index in [1.54, 1.807) is 30.3 Å². The Labute approximate surface area is 84.5 Å². The average molecular weight is 212 g/mol. The van der Waals surface area contributed by atoms with Crippen LogP contribution in [0.5, 0.6) is 5.75 Å². The molecule has 0 N–H and O–H groups in total. The smallest absolute Gasteiger partial charge is 0.388 e. The summed E-state index contributed by atoms with van der Waals surface area (Å²) in [5, 5.41) is -0.321. The van der Waals surface area contributed by atoms with Gasteiger partial charge in [0.05, 0.1) is 7.11 Å². The molecule has 0 spiro atoms. The number of methoxy groups -OCH3 is 1. The summed E-state index contributed by atoms with van der Waals surface area (Å²) in [6.07, 6.45) is 0. The molecule has 0 amide bonds. The summed E-state index contributed by atoms with van der Waals surface area (Å²) in [6.45, 7) is 0. The monoisotopic (exact) mass is 212 g/mol. The molecule has 0 saturated heterocycles. The normalized spacial score (nSPS) is 8.93. The van der Waals surface area contributed by atoms with Crippen molar-refractivity contribution < 1.29 is 18.5 Å². The fraction of sp³-hybridized carbons (Fsp3) is 0.111. The van der Waals surface area contributed by atoms with Crippen molar-refractivity contribution in [2.45, 2.75) is 0 Å². The summed E-state index contributed by atoms with van der Waals surface area (Å²) in [7, 11) is 1.19. The van der Waals surface area contributed by atoms with Crippen molar-refractivity contribution in [2.75, 3.05) is 7.11 Å². The first kappa shape index (κ1) is 10.5. The van der Waals surface area contributed by atoms with Gasteiger partial charge in [-0.1, -0.05) is 18.2 Å². The van der Waals surface area contributed by atoms with Gasteiger partial charge in [0.2, 0.25) is 0 Å². The standard InChI is InChI=1S/C9H8O4S/c1-12-8(10)9(14-11)13-7-5-3-2-4-6-7/h2-6H,1H3. The molecule has 0 atom stereocenters. The number of esters is 1. The van der Waals surface area contributed by atoms with Crippen LogP contribution in [0.2, 0.25) is 0 Å². The molecule has 0 fully saturated rings. The van der Waals surface area contributed by atoms with Gasteiger partial charge in [-0.15, -0.1) is 0 Å². The molecule has 74 valence electrons. The first-order chi connectivity index (χ1) is 6.77. The molecule has 5 heteroatoms. The maximum absolute atomic E-state index is 10.9. The van der Waals surface area contributed by atoms with Crippen molar-refractivity contribution >= 4 is 22.3 Å². The number of para-hydroxylation sites is 1. The van der Waals surface area contributed by atoms with E-state index in [1.165, 1.54) is 7.11 Å². The van der Waals surface area contributed by atoms with E-state index in [9.17, 15) is 9.00 Å². The lowest BCUT2D eigenvalue weighted by Gasteiger charge is -2.03. The SMILES string of the molecule is COC(=O)C(Oc1ccccc1)=S=O. The highest BCUT2D eigenvalue weighted by Crippen LogP contribution is 2.08. The van der Waals surface area contributed by atoms with Gasteiger partial charge in [0, 0.05) is 0 Å². The molecule has 0 heterocycles. The second-order valence-electron chi connectivity index (χ2n) is 2.28. The quantitative estimate of drug-likeness (QED) is 0.505. The highest BCUT2D eigenvalue weighted by molar-refractivity contribution is 7.68. The van der Waals surface area contributed by atoms with E-state index in [0.29, 0.717) is 5.75 Å². The van der Waals surface area contributed by atoms with Crippen LogP contribution in [0.4, 0.5) is 0 Å². The molecule has 0 aliphatic heterocycles. The Morgan fingerprint density at radius 2 is 1.93 bits per heavy atom. The third-order valence-corrected chi connectivity index (χ3v) is 1.78. The van der Waals surface area contributed by atoms with Crippen molar-refractivity contribution in [3.8, 4) is 5.75 Å². The van der Waals surface area contributed by atoms with Gasteiger partial charge in [0.15, 0.2) is 0 Å². The van der Waals surface area contributed by atoms with Crippen LogP contribution in [0.15, 0.2) is 30.3 Å². The number of carbonyl (C=O) groups excluding carboxylic acids is 1. The number of rotatable bonds is 1. The first-order valence-corrected chi connectivity index (χ1v) is 4.50.